The molecule has 0 bridgehead atoms. The Morgan fingerprint density at radius 2 is 2.10 bits per heavy atom. The minimum Gasteiger partial charge on any atom is -0.314 e. The number of hydrogen-bond donors (Lipinski definition) is 1. The molecule has 1 aliphatic carbocycles. The SMILES string of the molecule is CCNC(Cc1ccn(C)n1)C1CCc2ccccc2C1. The van der Waals surface area contributed by atoms with Crippen LogP contribution in [0.2, 0.25) is 0 Å². The van der Waals surface area contributed by atoms with Gasteiger partial charge in [-0.3, -0.25) is 4.68 Å². The molecule has 0 aliphatic heterocycles. The van der Waals surface area contributed by atoms with E-state index in [1.54, 1.807) is 5.56 Å². The second-order valence-corrected chi connectivity index (χ2v) is 6.12. The normalized spacial score (nSPS) is 19.2. The Hall–Kier alpha value is -1.61. The summed E-state index contributed by atoms with van der Waals surface area (Å²) in [7, 11) is 1.99. The lowest BCUT2D eigenvalue weighted by atomic mass is 9.79. The van der Waals surface area contributed by atoms with E-state index in [0.29, 0.717) is 12.0 Å². The molecule has 0 amide bonds. The van der Waals surface area contributed by atoms with E-state index in [1.165, 1.54) is 30.5 Å². The molecular formula is C18H25N3. The molecule has 3 nitrogen and oxygen atoms in total. The lowest BCUT2D eigenvalue weighted by Gasteiger charge is -2.32. The summed E-state index contributed by atoms with van der Waals surface area (Å²) in [4.78, 5) is 0. The van der Waals surface area contributed by atoms with E-state index in [4.69, 9.17) is 0 Å². The van der Waals surface area contributed by atoms with Crippen LogP contribution in [-0.4, -0.2) is 22.4 Å². The fourth-order valence-electron chi connectivity index (χ4n) is 3.53. The van der Waals surface area contributed by atoms with Crippen molar-refractivity contribution in [3.63, 3.8) is 0 Å². The number of nitrogens with one attached hydrogen (secondary N) is 1. The van der Waals surface area contributed by atoms with Crippen LogP contribution in [0.15, 0.2) is 36.5 Å². The zero-order valence-electron chi connectivity index (χ0n) is 13.0. The van der Waals surface area contributed by atoms with Crippen LogP contribution in [0, 0.1) is 5.92 Å². The van der Waals surface area contributed by atoms with Crippen molar-refractivity contribution in [2.24, 2.45) is 13.0 Å². The van der Waals surface area contributed by atoms with Crippen LogP contribution in [0.4, 0.5) is 0 Å². The van der Waals surface area contributed by atoms with Crippen molar-refractivity contribution in [2.45, 2.75) is 38.6 Å². The second kappa shape index (κ2) is 6.44. The van der Waals surface area contributed by atoms with Gasteiger partial charge in [-0.1, -0.05) is 31.2 Å². The molecule has 1 heterocycles. The van der Waals surface area contributed by atoms with Crippen molar-refractivity contribution in [2.75, 3.05) is 6.54 Å². The molecule has 2 aromatic rings. The molecular weight excluding hydrogens is 258 g/mol. The molecule has 1 aromatic heterocycles. The number of aryl methyl sites for hydroxylation is 2. The standard InChI is InChI=1S/C18H25N3/c1-3-19-18(13-17-10-11-21(2)20-17)16-9-8-14-6-4-5-7-15(14)12-16/h4-7,10-11,16,18-19H,3,8-9,12-13H2,1-2H3. The molecule has 0 saturated heterocycles. The first-order chi connectivity index (χ1) is 10.3. The first kappa shape index (κ1) is 14.3. The molecule has 0 fully saturated rings. The molecule has 0 spiro atoms. The van der Waals surface area contributed by atoms with Crippen LogP contribution in [-0.2, 0) is 26.3 Å². The van der Waals surface area contributed by atoms with E-state index in [-0.39, 0.29) is 0 Å². The molecule has 0 radical (unpaired) electrons. The van der Waals surface area contributed by atoms with Gasteiger partial charge in [0.15, 0.2) is 0 Å². The van der Waals surface area contributed by atoms with Crippen molar-refractivity contribution < 1.29 is 0 Å². The number of hydrogen-bond acceptors (Lipinski definition) is 2. The molecule has 112 valence electrons. The van der Waals surface area contributed by atoms with Gasteiger partial charge < -0.3 is 5.32 Å². The summed E-state index contributed by atoms with van der Waals surface area (Å²) in [5.41, 5.74) is 4.28. The van der Waals surface area contributed by atoms with Gasteiger partial charge >= 0.3 is 0 Å². The van der Waals surface area contributed by atoms with Crippen LogP contribution < -0.4 is 5.32 Å². The van der Waals surface area contributed by atoms with Gasteiger partial charge in [0.25, 0.3) is 0 Å². The predicted molar refractivity (Wildman–Crippen MR) is 86.3 cm³/mol. The highest BCUT2D eigenvalue weighted by Crippen LogP contribution is 2.28. The Balaban J connectivity index is 1.72. The third-order valence-corrected chi connectivity index (χ3v) is 4.62. The Labute approximate surface area is 127 Å². The smallest absolute Gasteiger partial charge is 0.0640 e. The van der Waals surface area contributed by atoms with Crippen LogP contribution in [0.3, 0.4) is 0 Å². The van der Waals surface area contributed by atoms with Crippen LogP contribution >= 0.6 is 0 Å². The molecule has 2 atom stereocenters. The van der Waals surface area contributed by atoms with Gasteiger partial charge in [0.05, 0.1) is 5.69 Å². The quantitative estimate of drug-likeness (QED) is 0.914. The monoisotopic (exact) mass is 283 g/mol. The van der Waals surface area contributed by atoms with Crippen molar-refractivity contribution >= 4 is 0 Å². The lowest BCUT2D eigenvalue weighted by Crippen LogP contribution is -2.40. The highest BCUT2D eigenvalue weighted by atomic mass is 15.2. The number of benzene rings is 1. The minimum absolute atomic E-state index is 0.526. The van der Waals surface area contributed by atoms with Crippen molar-refractivity contribution in [1.29, 1.82) is 0 Å². The van der Waals surface area contributed by atoms with E-state index in [9.17, 15) is 0 Å². The summed E-state index contributed by atoms with van der Waals surface area (Å²) in [6, 6.07) is 11.6. The summed E-state index contributed by atoms with van der Waals surface area (Å²) in [6.07, 6.45) is 6.75. The van der Waals surface area contributed by atoms with Gasteiger partial charge in [-0.2, -0.15) is 5.10 Å². The van der Waals surface area contributed by atoms with Gasteiger partial charge in [0.1, 0.15) is 0 Å². The second-order valence-electron chi connectivity index (χ2n) is 6.12. The maximum absolute atomic E-state index is 4.55. The molecule has 3 rings (SSSR count). The van der Waals surface area contributed by atoms with Crippen LogP contribution in [0.5, 0.6) is 0 Å². The topological polar surface area (TPSA) is 29.9 Å². The predicted octanol–water partition coefficient (Wildman–Crippen LogP) is 2.75. The first-order valence-electron chi connectivity index (χ1n) is 8.05. The molecule has 1 aliphatic rings. The number of rotatable bonds is 5. The summed E-state index contributed by atoms with van der Waals surface area (Å²) < 4.78 is 1.90. The van der Waals surface area contributed by atoms with Gasteiger partial charge in [-0.25, -0.2) is 0 Å². The zero-order chi connectivity index (χ0) is 14.7. The largest absolute Gasteiger partial charge is 0.314 e. The van der Waals surface area contributed by atoms with Crippen molar-refractivity contribution in [3.8, 4) is 0 Å². The van der Waals surface area contributed by atoms with E-state index >= 15 is 0 Å². The van der Waals surface area contributed by atoms with E-state index in [2.05, 4.69) is 47.7 Å². The first-order valence-corrected chi connectivity index (χ1v) is 8.05. The summed E-state index contributed by atoms with van der Waals surface area (Å²) in [5, 5.41) is 8.24. The van der Waals surface area contributed by atoms with Gasteiger partial charge in [-0.05, 0) is 48.9 Å². The Morgan fingerprint density at radius 1 is 1.29 bits per heavy atom. The van der Waals surface area contributed by atoms with Gasteiger partial charge in [0.2, 0.25) is 0 Å². The van der Waals surface area contributed by atoms with Crippen LogP contribution in [0.25, 0.3) is 0 Å². The average molecular weight is 283 g/mol. The number of likely N-dealkylation sites (N-methyl/N-ethyl adjacent to an activating group) is 1. The Morgan fingerprint density at radius 3 is 2.81 bits per heavy atom. The Bertz CT molecular complexity index is 588. The van der Waals surface area contributed by atoms with Crippen molar-refractivity contribution in [1.82, 2.24) is 15.1 Å². The van der Waals surface area contributed by atoms with E-state index < -0.39 is 0 Å². The summed E-state index contributed by atoms with van der Waals surface area (Å²) in [5.74, 6) is 0.710. The fraction of sp³-hybridized carbons (Fsp3) is 0.500. The molecule has 1 aromatic carbocycles. The summed E-state index contributed by atoms with van der Waals surface area (Å²) in [6.45, 7) is 3.22. The van der Waals surface area contributed by atoms with Gasteiger partial charge in [-0.15, -0.1) is 0 Å². The van der Waals surface area contributed by atoms with E-state index in [0.717, 1.165) is 13.0 Å². The lowest BCUT2D eigenvalue weighted by molar-refractivity contribution is 0.320. The fourth-order valence-corrected chi connectivity index (χ4v) is 3.53. The van der Waals surface area contributed by atoms with Gasteiger partial charge in [0, 0.05) is 25.7 Å². The third kappa shape index (κ3) is 3.35. The third-order valence-electron chi connectivity index (χ3n) is 4.62. The zero-order valence-corrected chi connectivity index (χ0v) is 13.0. The summed E-state index contributed by atoms with van der Waals surface area (Å²) >= 11 is 0. The van der Waals surface area contributed by atoms with Crippen LogP contribution in [0.1, 0.15) is 30.2 Å². The highest BCUT2D eigenvalue weighted by molar-refractivity contribution is 5.30. The molecule has 2 unspecified atom stereocenters. The number of fused-ring (bicyclic) bond motifs is 1. The van der Waals surface area contributed by atoms with E-state index in [1.807, 2.05) is 17.9 Å². The highest BCUT2D eigenvalue weighted by Gasteiger charge is 2.26. The molecule has 21 heavy (non-hydrogen) atoms. The maximum Gasteiger partial charge on any atom is 0.0640 e. The Kier molecular flexibility index (Phi) is 4.39. The average Bonchev–Trinajstić information content (AvgIpc) is 2.91. The molecule has 3 heteroatoms. The molecule has 0 saturated carbocycles. The maximum atomic E-state index is 4.55. The molecule has 1 N–H and O–H groups in total. The number of nitrogens with zero attached hydrogens (tertiary/aromatic N) is 2. The number of aromatic nitrogens is 2. The minimum atomic E-state index is 0.526. The van der Waals surface area contributed by atoms with Crippen molar-refractivity contribution in [3.05, 3.63) is 53.3 Å².